The highest BCUT2D eigenvalue weighted by molar-refractivity contribution is 5.50. The number of nitrogens with two attached hydrogens (primary N) is 1. The zero-order chi connectivity index (χ0) is 14.2. The lowest BCUT2D eigenvalue weighted by Crippen LogP contribution is -2.09. The number of nitrogens with zero attached hydrogens (tertiary/aromatic N) is 3. The van der Waals surface area contributed by atoms with Gasteiger partial charge in [0.2, 0.25) is 11.6 Å². The predicted molar refractivity (Wildman–Crippen MR) is 56.2 cm³/mol. The summed E-state index contributed by atoms with van der Waals surface area (Å²) >= 11 is 0. The van der Waals surface area contributed by atoms with E-state index < -0.39 is 23.4 Å². The summed E-state index contributed by atoms with van der Waals surface area (Å²) in [5.41, 5.74) is 3.60. The molecule has 0 aliphatic carbocycles. The SMILES string of the molecule is CCn1nc(C(F)(F)F)c(F)c1-c1nc(CN)co1. The molecule has 2 aromatic heterocycles. The number of rotatable bonds is 3. The molecule has 0 saturated carbocycles. The van der Waals surface area contributed by atoms with E-state index in [0.717, 1.165) is 10.9 Å². The normalized spacial score (nSPS) is 12.1. The second-order valence-corrected chi connectivity index (χ2v) is 3.67. The van der Waals surface area contributed by atoms with Crippen molar-refractivity contribution in [3.8, 4) is 11.6 Å². The zero-order valence-corrected chi connectivity index (χ0v) is 9.83. The van der Waals surface area contributed by atoms with Crippen LogP contribution < -0.4 is 5.73 Å². The van der Waals surface area contributed by atoms with Gasteiger partial charge in [-0.3, -0.25) is 4.68 Å². The van der Waals surface area contributed by atoms with Crippen LogP contribution >= 0.6 is 0 Å². The van der Waals surface area contributed by atoms with Crippen molar-refractivity contribution in [2.45, 2.75) is 26.2 Å². The van der Waals surface area contributed by atoms with Crippen LogP contribution in [-0.4, -0.2) is 14.8 Å². The molecule has 19 heavy (non-hydrogen) atoms. The van der Waals surface area contributed by atoms with Crippen molar-refractivity contribution >= 4 is 0 Å². The third-order valence-corrected chi connectivity index (χ3v) is 2.43. The molecule has 0 aliphatic heterocycles. The van der Waals surface area contributed by atoms with E-state index in [2.05, 4.69) is 10.1 Å². The molecule has 104 valence electrons. The Bertz CT molecular complexity index is 587. The van der Waals surface area contributed by atoms with Gasteiger partial charge in [0.15, 0.2) is 11.5 Å². The Kier molecular flexibility index (Phi) is 3.31. The van der Waals surface area contributed by atoms with E-state index in [0.29, 0.717) is 5.69 Å². The summed E-state index contributed by atoms with van der Waals surface area (Å²) in [7, 11) is 0. The molecule has 0 bridgehead atoms. The average molecular weight is 278 g/mol. The monoisotopic (exact) mass is 278 g/mol. The quantitative estimate of drug-likeness (QED) is 0.873. The lowest BCUT2D eigenvalue weighted by molar-refractivity contribution is -0.143. The minimum Gasteiger partial charge on any atom is -0.443 e. The molecule has 0 amide bonds. The Morgan fingerprint density at radius 3 is 2.58 bits per heavy atom. The van der Waals surface area contributed by atoms with Crippen molar-refractivity contribution < 1.29 is 22.0 Å². The second-order valence-electron chi connectivity index (χ2n) is 3.67. The molecule has 2 aromatic rings. The molecule has 0 aliphatic rings. The molecule has 0 radical (unpaired) electrons. The van der Waals surface area contributed by atoms with E-state index in [1.54, 1.807) is 0 Å². The lowest BCUT2D eigenvalue weighted by atomic mass is 10.3. The molecule has 0 unspecified atom stereocenters. The number of alkyl halides is 3. The van der Waals surface area contributed by atoms with E-state index in [1.165, 1.54) is 6.92 Å². The van der Waals surface area contributed by atoms with Crippen LogP contribution in [0.1, 0.15) is 18.3 Å². The van der Waals surface area contributed by atoms with E-state index in [1.807, 2.05) is 0 Å². The van der Waals surface area contributed by atoms with Crippen molar-refractivity contribution in [1.82, 2.24) is 14.8 Å². The van der Waals surface area contributed by atoms with Gasteiger partial charge in [0, 0.05) is 13.1 Å². The first-order chi connectivity index (χ1) is 8.88. The molecule has 2 heterocycles. The summed E-state index contributed by atoms with van der Waals surface area (Å²) in [5.74, 6) is -1.78. The number of hydrogen-bond acceptors (Lipinski definition) is 4. The lowest BCUT2D eigenvalue weighted by Gasteiger charge is -2.00. The van der Waals surface area contributed by atoms with Crippen molar-refractivity contribution in [3.63, 3.8) is 0 Å². The maximum absolute atomic E-state index is 13.8. The number of aryl methyl sites for hydroxylation is 1. The first-order valence-corrected chi connectivity index (χ1v) is 5.36. The van der Waals surface area contributed by atoms with Crippen LogP contribution in [-0.2, 0) is 19.3 Å². The maximum atomic E-state index is 13.8. The van der Waals surface area contributed by atoms with Gasteiger partial charge in [-0.05, 0) is 6.92 Å². The molecule has 2 rings (SSSR count). The molecule has 5 nitrogen and oxygen atoms in total. The summed E-state index contributed by atoms with van der Waals surface area (Å²) in [6.07, 6.45) is -3.71. The van der Waals surface area contributed by atoms with Gasteiger partial charge in [-0.15, -0.1) is 0 Å². The van der Waals surface area contributed by atoms with Crippen LogP contribution in [0.4, 0.5) is 17.6 Å². The fraction of sp³-hybridized carbons (Fsp3) is 0.400. The predicted octanol–water partition coefficient (Wildman–Crippen LogP) is 2.17. The van der Waals surface area contributed by atoms with Crippen LogP contribution in [0, 0.1) is 5.82 Å². The van der Waals surface area contributed by atoms with Gasteiger partial charge >= 0.3 is 6.18 Å². The summed E-state index contributed by atoms with van der Waals surface area (Å²) in [6, 6.07) is 0. The number of aromatic nitrogens is 3. The Labute approximate surface area is 105 Å². The van der Waals surface area contributed by atoms with Gasteiger partial charge in [-0.25, -0.2) is 9.37 Å². The number of oxazole rings is 1. The van der Waals surface area contributed by atoms with Gasteiger partial charge in [-0.2, -0.15) is 18.3 Å². The summed E-state index contributed by atoms with van der Waals surface area (Å²) in [6.45, 7) is 1.61. The third-order valence-electron chi connectivity index (χ3n) is 2.43. The Morgan fingerprint density at radius 2 is 2.11 bits per heavy atom. The van der Waals surface area contributed by atoms with E-state index in [-0.39, 0.29) is 19.0 Å². The molecule has 0 spiro atoms. The smallest absolute Gasteiger partial charge is 0.438 e. The minimum absolute atomic E-state index is 0.0392. The van der Waals surface area contributed by atoms with Gasteiger partial charge < -0.3 is 10.2 Å². The Hall–Kier alpha value is -1.90. The fourth-order valence-electron chi connectivity index (χ4n) is 1.56. The van der Waals surface area contributed by atoms with Crippen molar-refractivity contribution in [1.29, 1.82) is 0 Å². The summed E-state index contributed by atoms with van der Waals surface area (Å²) in [4.78, 5) is 3.80. The number of hydrogen-bond donors (Lipinski definition) is 1. The molecular weight excluding hydrogens is 268 g/mol. The Balaban J connectivity index is 2.59. The maximum Gasteiger partial charge on any atom is 0.438 e. The topological polar surface area (TPSA) is 69.9 Å². The highest BCUT2D eigenvalue weighted by Gasteiger charge is 2.40. The van der Waals surface area contributed by atoms with Gasteiger partial charge in [-0.1, -0.05) is 0 Å². The highest BCUT2D eigenvalue weighted by atomic mass is 19.4. The zero-order valence-electron chi connectivity index (χ0n) is 9.83. The second kappa shape index (κ2) is 4.65. The first kappa shape index (κ1) is 13.5. The molecule has 9 heteroatoms. The molecular formula is C10H10F4N4O. The molecule has 0 aromatic carbocycles. The average Bonchev–Trinajstić information content (AvgIpc) is 2.91. The van der Waals surface area contributed by atoms with Crippen LogP contribution in [0.25, 0.3) is 11.6 Å². The highest BCUT2D eigenvalue weighted by Crippen LogP contribution is 2.34. The minimum atomic E-state index is -4.87. The molecule has 0 fully saturated rings. The van der Waals surface area contributed by atoms with E-state index in [4.69, 9.17) is 10.2 Å². The van der Waals surface area contributed by atoms with Crippen molar-refractivity contribution in [2.75, 3.05) is 0 Å². The van der Waals surface area contributed by atoms with Gasteiger partial charge in [0.25, 0.3) is 0 Å². The third kappa shape index (κ3) is 2.33. The van der Waals surface area contributed by atoms with Crippen molar-refractivity contribution in [3.05, 3.63) is 23.5 Å². The van der Waals surface area contributed by atoms with E-state index >= 15 is 0 Å². The van der Waals surface area contributed by atoms with Crippen LogP contribution in [0.2, 0.25) is 0 Å². The fourth-order valence-corrected chi connectivity index (χ4v) is 1.56. The molecule has 0 saturated heterocycles. The largest absolute Gasteiger partial charge is 0.443 e. The first-order valence-electron chi connectivity index (χ1n) is 5.36. The van der Waals surface area contributed by atoms with E-state index in [9.17, 15) is 17.6 Å². The summed E-state index contributed by atoms with van der Waals surface area (Å²) in [5, 5.41) is 3.20. The van der Waals surface area contributed by atoms with Crippen LogP contribution in [0.3, 0.4) is 0 Å². The van der Waals surface area contributed by atoms with Gasteiger partial charge in [0.1, 0.15) is 6.26 Å². The number of halogens is 4. The molecule has 2 N–H and O–H groups in total. The van der Waals surface area contributed by atoms with Gasteiger partial charge in [0.05, 0.1) is 5.69 Å². The van der Waals surface area contributed by atoms with Crippen LogP contribution in [0.5, 0.6) is 0 Å². The Morgan fingerprint density at radius 1 is 1.42 bits per heavy atom. The summed E-state index contributed by atoms with van der Waals surface area (Å²) < 4.78 is 57.4. The van der Waals surface area contributed by atoms with Crippen LogP contribution in [0.15, 0.2) is 10.7 Å². The van der Waals surface area contributed by atoms with Crippen molar-refractivity contribution in [2.24, 2.45) is 5.73 Å². The molecule has 0 atom stereocenters. The standard InChI is InChI=1S/C10H10F4N4O/c1-2-18-7(9-16-5(3-15)4-19-9)6(11)8(17-18)10(12,13)14/h4H,2-3,15H2,1H3.